The third kappa shape index (κ3) is 6.28. The summed E-state index contributed by atoms with van der Waals surface area (Å²) >= 11 is 0. The summed E-state index contributed by atoms with van der Waals surface area (Å²) in [6.45, 7) is -0.300. The normalized spacial score (nSPS) is 11.1. The fourth-order valence-corrected chi connectivity index (χ4v) is 1.36. The first-order chi connectivity index (χ1) is 10.0. The molecule has 0 unspecified atom stereocenters. The largest absolute Gasteiger partial charge is 0.480 e. The van der Waals surface area contributed by atoms with Crippen molar-refractivity contribution in [3.63, 3.8) is 0 Å². The van der Waals surface area contributed by atoms with Crippen LogP contribution in [0.3, 0.4) is 0 Å². The van der Waals surface area contributed by atoms with E-state index >= 15 is 0 Å². The molecule has 0 radical (unpaired) electrons. The van der Waals surface area contributed by atoms with Crippen LogP contribution in [0, 0.1) is 0 Å². The molecule has 0 aliphatic rings. The van der Waals surface area contributed by atoms with Gasteiger partial charge >= 0.3 is 18.2 Å². The summed E-state index contributed by atoms with van der Waals surface area (Å²) < 4.78 is 9.19. The molecule has 0 aromatic heterocycles. The molecule has 8 nitrogen and oxygen atoms in total. The van der Waals surface area contributed by atoms with E-state index in [4.69, 9.17) is 9.84 Å². The lowest BCUT2D eigenvalue weighted by molar-refractivity contribution is -0.139. The number of nitrogens with one attached hydrogen (secondary N) is 2. The number of carboxylic acid groups (broad SMARTS) is 1. The molecule has 1 aromatic carbocycles. The van der Waals surface area contributed by atoms with E-state index in [0.29, 0.717) is 0 Å². The van der Waals surface area contributed by atoms with Crippen LogP contribution in [0.5, 0.6) is 0 Å². The van der Waals surface area contributed by atoms with E-state index < -0.39 is 24.2 Å². The number of carbonyl (C=O) groups is 3. The van der Waals surface area contributed by atoms with Gasteiger partial charge in [0.2, 0.25) is 0 Å². The number of carbonyl (C=O) groups excluding carboxylic acids is 2. The summed E-state index contributed by atoms with van der Waals surface area (Å²) in [5.74, 6) is -1.30. The standard InChI is InChI=1S/C13H16N2O6/c1-20-12(18)14-7-10(11(16)17)15-13(19)21-8-9-5-3-2-4-6-9/h2-6,10H,7-8H2,1H3,(H,14,18)(H,15,19)(H,16,17)/t10-/m0/s1. The molecular weight excluding hydrogens is 280 g/mol. The average molecular weight is 296 g/mol. The van der Waals surface area contributed by atoms with Gasteiger partial charge in [0.25, 0.3) is 0 Å². The number of methoxy groups -OCH3 is 1. The molecule has 0 bridgehead atoms. The number of alkyl carbamates (subject to hydrolysis) is 2. The maximum absolute atomic E-state index is 11.5. The molecule has 1 aromatic rings. The van der Waals surface area contributed by atoms with E-state index in [0.717, 1.165) is 12.7 Å². The van der Waals surface area contributed by atoms with Gasteiger partial charge in [-0.15, -0.1) is 0 Å². The molecule has 0 saturated heterocycles. The van der Waals surface area contributed by atoms with Crippen LogP contribution < -0.4 is 10.6 Å². The van der Waals surface area contributed by atoms with Gasteiger partial charge in [0, 0.05) is 0 Å². The minimum Gasteiger partial charge on any atom is -0.480 e. The van der Waals surface area contributed by atoms with Crippen LogP contribution in [0.1, 0.15) is 5.56 Å². The molecule has 8 heteroatoms. The molecule has 2 amide bonds. The fourth-order valence-electron chi connectivity index (χ4n) is 1.36. The summed E-state index contributed by atoms with van der Waals surface area (Å²) in [7, 11) is 1.15. The smallest absolute Gasteiger partial charge is 0.408 e. The molecule has 21 heavy (non-hydrogen) atoms. The van der Waals surface area contributed by atoms with Gasteiger partial charge in [-0.3, -0.25) is 0 Å². The molecule has 0 saturated carbocycles. The Balaban J connectivity index is 2.41. The molecule has 114 valence electrons. The minimum absolute atomic E-state index is 0.0173. The Hall–Kier alpha value is -2.77. The zero-order valence-corrected chi connectivity index (χ0v) is 11.4. The Kier molecular flexibility index (Phi) is 6.52. The van der Waals surface area contributed by atoms with Gasteiger partial charge in [0.05, 0.1) is 13.7 Å². The number of rotatable bonds is 6. The highest BCUT2D eigenvalue weighted by atomic mass is 16.5. The summed E-state index contributed by atoms with van der Waals surface area (Å²) in [6.07, 6.45) is -1.68. The van der Waals surface area contributed by atoms with Crippen molar-refractivity contribution < 1.29 is 29.0 Å². The number of hydrogen-bond donors (Lipinski definition) is 3. The first-order valence-corrected chi connectivity index (χ1v) is 6.04. The van der Waals surface area contributed by atoms with Crippen LogP contribution >= 0.6 is 0 Å². The third-order valence-electron chi connectivity index (χ3n) is 2.44. The van der Waals surface area contributed by atoms with E-state index in [9.17, 15) is 14.4 Å². The molecule has 0 heterocycles. The fraction of sp³-hybridized carbons (Fsp3) is 0.308. The van der Waals surface area contributed by atoms with Crippen molar-refractivity contribution in [2.24, 2.45) is 0 Å². The first kappa shape index (κ1) is 16.3. The van der Waals surface area contributed by atoms with E-state index in [2.05, 4.69) is 15.4 Å². The maximum Gasteiger partial charge on any atom is 0.408 e. The second-order valence-corrected chi connectivity index (χ2v) is 3.97. The van der Waals surface area contributed by atoms with Crippen molar-refractivity contribution in [1.29, 1.82) is 0 Å². The van der Waals surface area contributed by atoms with E-state index in [1.165, 1.54) is 0 Å². The Labute approximate surface area is 121 Å². The summed E-state index contributed by atoms with van der Waals surface area (Å²) in [5.41, 5.74) is 0.771. The van der Waals surface area contributed by atoms with Gasteiger partial charge in [0.15, 0.2) is 0 Å². The van der Waals surface area contributed by atoms with Gasteiger partial charge in [-0.05, 0) is 5.56 Å². The quantitative estimate of drug-likeness (QED) is 0.712. The number of carboxylic acids is 1. The van der Waals surface area contributed by atoms with Crippen LogP contribution in [-0.4, -0.2) is 43.0 Å². The number of amides is 2. The zero-order valence-electron chi connectivity index (χ0n) is 11.4. The lowest BCUT2D eigenvalue weighted by atomic mass is 10.2. The van der Waals surface area contributed by atoms with E-state index in [1.54, 1.807) is 24.3 Å². The van der Waals surface area contributed by atoms with Gasteiger partial charge in [-0.1, -0.05) is 30.3 Å². The Morgan fingerprint density at radius 1 is 1.19 bits per heavy atom. The second kappa shape index (κ2) is 8.41. The van der Waals surface area contributed by atoms with Gasteiger partial charge in [-0.25, -0.2) is 14.4 Å². The van der Waals surface area contributed by atoms with Crippen LogP contribution in [0.2, 0.25) is 0 Å². The summed E-state index contributed by atoms with van der Waals surface area (Å²) in [4.78, 5) is 33.3. The van der Waals surface area contributed by atoms with E-state index in [-0.39, 0.29) is 13.2 Å². The maximum atomic E-state index is 11.5. The SMILES string of the molecule is COC(=O)NC[C@H](NC(=O)OCc1ccccc1)C(=O)O. The number of ether oxygens (including phenoxy) is 2. The Morgan fingerprint density at radius 3 is 2.43 bits per heavy atom. The predicted molar refractivity (Wildman–Crippen MR) is 71.6 cm³/mol. The molecule has 3 N–H and O–H groups in total. The lowest BCUT2D eigenvalue weighted by Gasteiger charge is -2.14. The highest BCUT2D eigenvalue weighted by Crippen LogP contribution is 2.00. The van der Waals surface area contributed by atoms with Crippen molar-refractivity contribution in [2.45, 2.75) is 12.6 Å². The van der Waals surface area contributed by atoms with Crippen molar-refractivity contribution in [3.8, 4) is 0 Å². The minimum atomic E-state index is -1.31. The topological polar surface area (TPSA) is 114 Å². The molecule has 1 atom stereocenters. The van der Waals surface area contributed by atoms with Crippen molar-refractivity contribution >= 4 is 18.2 Å². The Bertz CT molecular complexity index is 491. The monoisotopic (exact) mass is 296 g/mol. The number of aliphatic carboxylic acids is 1. The van der Waals surface area contributed by atoms with Crippen LogP contribution in [0.4, 0.5) is 9.59 Å². The van der Waals surface area contributed by atoms with Gasteiger partial charge in [0.1, 0.15) is 12.6 Å². The average Bonchev–Trinajstić information content (AvgIpc) is 2.49. The van der Waals surface area contributed by atoms with E-state index in [1.807, 2.05) is 6.07 Å². The molecule has 0 spiro atoms. The highest BCUT2D eigenvalue weighted by molar-refractivity contribution is 5.80. The van der Waals surface area contributed by atoms with Gasteiger partial charge in [-0.2, -0.15) is 0 Å². The van der Waals surface area contributed by atoms with Crippen LogP contribution in [0.25, 0.3) is 0 Å². The summed E-state index contributed by atoms with van der Waals surface area (Å²) in [5, 5.41) is 13.2. The lowest BCUT2D eigenvalue weighted by Crippen LogP contribution is -2.48. The second-order valence-electron chi connectivity index (χ2n) is 3.97. The molecule has 0 fully saturated rings. The van der Waals surface area contributed by atoms with Crippen LogP contribution in [-0.2, 0) is 20.9 Å². The Morgan fingerprint density at radius 2 is 1.86 bits per heavy atom. The number of benzene rings is 1. The molecule has 0 aliphatic carbocycles. The van der Waals surface area contributed by atoms with Crippen molar-refractivity contribution in [1.82, 2.24) is 10.6 Å². The zero-order chi connectivity index (χ0) is 15.7. The van der Waals surface area contributed by atoms with Crippen LogP contribution in [0.15, 0.2) is 30.3 Å². The first-order valence-electron chi connectivity index (χ1n) is 6.04. The van der Waals surface area contributed by atoms with Crippen molar-refractivity contribution in [2.75, 3.05) is 13.7 Å². The number of hydrogen-bond acceptors (Lipinski definition) is 5. The van der Waals surface area contributed by atoms with Crippen molar-refractivity contribution in [3.05, 3.63) is 35.9 Å². The van der Waals surface area contributed by atoms with Gasteiger partial charge < -0.3 is 25.2 Å². The highest BCUT2D eigenvalue weighted by Gasteiger charge is 2.21. The predicted octanol–water partition coefficient (Wildman–Crippen LogP) is 0.722. The molecule has 1 rings (SSSR count). The summed E-state index contributed by atoms with van der Waals surface area (Å²) in [6, 6.07) is 7.62. The molecule has 0 aliphatic heterocycles. The third-order valence-corrected chi connectivity index (χ3v) is 2.44. The molecular formula is C13H16N2O6.